The van der Waals surface area contributed by atoms with Crippen LogP contribution < -0.4 is 4.90 Å². The van der Waals surface area contributed by atoms with E-state index in [1.165, 1.54) is 6.20 Å². The Kier molecular flexibility index (Phi) is 4.06. The molecule has 6 nitrogen and oxygen atoms in total. The Labute approximate surface area is 117 Å². The Morgan fingerprint density at radius 1 is 1.72 bits per heavy atom. The molecule has 0 bridgehead atoms. The topological polar surface area (TPSA) is 82.0 Å². The summed E-state index contributed by atoms with van der Waals surface area (Å²) >= 11 is 9.14. The summed E-state index contributed by atoms with van der Waals surface area (Å²) < 4.78 is 0.674. The minimum absolute atomic E-state index is 0.0244. The Hall–Kier alpha value is -1.30. The second-order valence-electron chi connectivity index (χ2n) is 3.95. The maximum absolute atomic E-state index is 11.9. The molecule has 1 aromatic heterocycles. The standard InChI is InChI=1S/C10H9BrClN5O/c11-8-2-7(12)4-14-10(8)17-5-6(1-9(17)18)3-15-16-13/h2,4,6H,1,3,5H2. The first kappa shape index (κ1) is 13.1. The van der Waals surface area contributed by atoms with Crippen LogP contribution in [0, 0.1) is 5.92 Å². The zero-order valence-corrected chi connectivity index (χ0v) is 11.6. The van der Waals surface area contributed by atoms with Gasteiger partial charge in [-0.2, -0.15) is 0 Å². The molecule has 1 unspecified atom stereocenters. The van der Waals surface area contributed by atoms with Crippen LogP contribution in [-0.2, 0) is 4.79 Å². The molecule has 18 heavy (non-hydrogen) atoms. The van der Waals surface area contributed by atoms with Crippen molar-refractivity contribution in [2.45, 2.75) is 6.42 Å². The Morgan fingerprint density at radius 2 is 2.50 bits per heavy atom. The molecule has 8 heteroatoms. The smallest absolute Gasteiger partial charge is 0.228 e. The van der Waals surface area contributed by atoms with Crippen molar-refractivity contribution in [3.05, 3.63) is 32.2 Å². The largest absolute Gasteiger partial charge is 0.296 e. The third-order valence-electron chi connectivity index (χ3n) is 2.65. The van der Waals surface area contributed by atoms with E-state index < -0.39 is 0 Å². The molecule has 1 fully saturated rings. The number of anilines is 1. The van der Waals surface area contributed by atoms with Crippen molar-refractivity contribution in [2.75, 3.05) is 18.0 Å². The Morgan fingerprint density at radius 3 is 3.17 bits per heavy atom. The van der Waals surface area contributed by atoms with Gasteiger partial charge in [0.15, 0.2) is 0 Å². The lowest BCUT2D eigenvalue weighted by Gasteiger charge is -2.16. The quantitative estimate of drug-likeness (QED) is 0.484. The van der Waals surface area contributed by atoms with Crippen LogP contribution in [0.2, 0.25) is 5.02 Å². The van der Waals surface area contributed by atoms with Gasteiger partial charge in [0, 0.05) is 30.6 Å². The highest BCUT2D eigenvalue weighted by molar-refractivity contribution is 9.10. The molecule has 1 aliphatic rings. The van der Waals surface area contributed by atoms with E-state index in [0.29, 0.717) is 34.8 Å². The van der Waals surface area contributed by atoms with E-state index in [9.17, 15) is 4.79 Å². The number of rotatable bonds is 3. The van der Waals surface area contributed by atoms with Crippen LogP contribution in [0.4, 0.5) is 5.82 Å². The summed E-state index contributed by atoms with van der Waals surface area (Å²) in [5.41, 5.74) is 8.28. The molecule has 1 atom stereocenters. The summed E-state index contributed by atoms with van der Waals surface area (Å²) in [5, 5.41) is 4.00. The number of carbonyl (C=O) groups is 1. The second-order valence-corrected chi connectivity index (χ2v) is 5.24. The number of amides is 1. The second kappa shape index (κ2) is 5.56. The number of aromatic nitrogens is 1. The molecule has 0 spiro atoms. The van der Waals surface area contributed by atoms with Crippen LogP contribution in [0.15, 0.2) is 21.9 Å². The molecule has 2 heterocycles. The van der Waals surface area contributed by atoms with E-state index in [1.54, 1.807) is 11.0 Å². The summed E-state index contributed by atoms with van der Waals surface area (Å²) in [5.74, 6) is 0.564. The van der Waals surface area contributed by atoms with Gasteiger partial charge in [-0.25, -0.2) is 4.98 Å². The Balaban J connectivity index is 2.18. The van der Waals surface area contributed by atoms with Crippen molar-refractivity contribution in [3.8, 4) is 0 Å². The van der Waals surface area contributed by atoms with Gasteiger partial charge in [0.25, 0.3) is 0 Å². The van der Waals surface area contributed by atoms with Crippen LogP contribution in [0.1, 0.15) is 6.42 Å². The first-order chi connectivity index (χ1) is 8.61. The van der Waals surface area contributed by atoms with Crippen molar-refractivity contribution in [2.24, 2.45) is 11.0 Å². The molecular weight excluding hydrogens is 322 g/mol. The fourth-order valence-electron chi connectivity index (χ4n) is 1.87. The summed E-state index contributed by atoms with van der Waals surface area (Å²) in [4.78, 5) is 20.3. The molecule has 2 rings (SSSR count). The molecule has 0 aliphatic carbocycles. The molecule has 1 saturated heterocycles. The van der Waals surface area contributed by atoms with Crippen LogP contribution in [0.5, 0.6) is 0 Å². The first-order valence-corrected chi connectivity index (χ1v) is 6.41. The fraction of sp³-hybridized carbons (Fsp3) is 0.400. The summed E-state index contributed by atoms with van der Waals surface area (Å²) in [6, 6.07) is 1.69. The van der Waals surface area contributed by atoms with Gasteiger partial charge < -0.3 is 0 Å². The highest BCUT2D eigenvalue weighted by Crippen LogP contribution is 2.31. The lowest BCUT2D eigenvalue weighted by Crippen LogP contribution is -2.26. The highest BCUT2D eigenvalue weighted by atomic mass is 79.9. The van der Waals surface area contributed by atoms with E-state index in [0.717, 1.165) is 0 Å². The highest BCUT2D eigenvalue weighted by Gasteiger charge is 2.31. The van der Waals surface area contributed by atoms with E-state index in [1.807, 2.05) is 0 Å². The minimum Gasteiger partial charge on any atom is -0.296 e. The number of hydrogen-bond acceptors (Lipinski definition) is 3. The number of halogens is 2. The van der Waals surface area contributed by atoms with Crippen LogP contribution in [-0.4, -0.2) is 24.0 Å². The van der Waals surface area contributed by atoms with E-state index in [-0.39, 0.29) is 11.8 Å². The Bertz CT molecular complexity index is 531. The summed E-state index contributed by atoms with van der Waals surface area (Å²) in [7, 11) is 0. The van der Waals surface area contributed by atoms with E-state index >= 15 is 0 Å². The van der Waals surface area contributed by atoms with Crippen molar-refractivity contribution < 1.29 is 4.79 Å². The average molecular weight is 331 g/mol. The van der Waals surface area contributed by atoms with Crippen molar-refractivity contribution in [1.82, 2.24) is 4.98 Å². The molecule has 94 valence electrons. The number of hydrogen-bond donors (Lipinski definition) is 0. The van der Waals surface area contributed by atoms with E-state index in [2.05, 4.69) is 30.9 Å². The molecular formula is C10H9BrClN5O. The lowest BCUT2D eigenvalue weighted by atomic mass is 10.1. The maximum atomic E-state index is 11.9. The molecule has 0 aromatic carbocycles. The zero-order valence-electron chi connectivity index (χ0n) is 9.25. The SMILES string of the molecule is [N-]=[N+]=NCC1CC(=O)N(c2ncc(Cl)cc2Br)C1. The monoisotopic (exact) mass is 329 g/mol. The molecule has 0 N–H and O–H groups in total. The summed E-state index contributed by atoms with van der Waals surface area (Å²) in [6.45, 7) is 0.828. The van der Waals surface area contributed by atoms with Crippen molar-refractivity contribution in [1.29, 1.82) is 0 Å². The lowest BCUT2D eigenvalue weighted by molar-refractivity contribution is -0.117. The van der Waals surface area contributed by atoms with Crippen molar-refractivity contribution >= 4 is 39.3 Å². The van der Waals surface area contributed by atoms with Gasteiger partial charge in [-0.1, -0.05) is 16.7 Å². The van der Waals surface area contributed by atoms with Gasteiger partial charge in [0.05, 0.1) is 9.50 Å². The van der Waals surface area contributed by atoms with Gasteiger partial charge in [0.2, 0.25) is 5.91 Å². The van der Waals surface area contributed by atoms with Gasteiger partial charge in [-0.05, 0) is 33.4 Å². The molecule has 0 saturated carbocycles. The molecule has 1 amide bonds. The number of carbonyl (C=O) groups excluding carboxylic acids is 1. The number of nitrogens with zero attached hydrogens (tertiary/aromatic N) is 5. The van der Waals surface area contributed by atoms with E-state index in [4.69, 9.17) is 17.1 Å². The third kappa shape index (κ3) is 2.75. The fourth-order valence-corrected chi connectivity index (χ4v) is 2.72. The normalized spacial score (nSPS) is 18.9. The maximum Gasteiger partial charge on any atom is 0.228 e. The third-order valence-corrected chi connectivity index (χ3v) is 3.44. The number of pyridine rings is 1. The predicted octanol–water partition coefficient (Wildman–Crippen LogP) is 3.16. The van der Waals surface area contributed by atoms with Gasteiger partial charge in [-0.3, -0.25) is 9.69 Å². The number of azide groups is 1. The molecule has 1 aliphatic heterocycles. The van der Waals surface area contributed by atoms with Crippen LogP contribution in [0.25, 0.3) is 10.4 Å². The first-order valence-electron chi connectivity index (χ1n) is 5.24. The average Bonchev–Trinajstić information content (AvgIpc) is 2.68. The molecule has 0 radical (unpaired) electrons. The zero-order chi connectivity index (χ0) is 13.1. The summed E-state index contributed by atoms with van der Waals surface area (Å²) in [6.07, 6.45) is 1.87. The molecule has 1 aromatic rings. The van der Waals surface area contributed by atoms with Gasteiger partial charge in [-0.15, -0.1) is 0 Å². The minimum atomic E-state index is -0.0244. The van der Waals surface area contributed by atoms with Crippen LogP contribution in [0.3, 0.4) is 0 Å². The predicted molar refractivity (Wildman–Crippen MR) is 71.4 cm³/mol. The van der Waals surface area contributed by atoms with Gasteiger partial charge in [0.1, 0.15) is 5.82 Å². The van der Waals surface area contributed by atoms with Crippen LogP contribution >= 0.6 is 27.5 Å². The van der Waals surface area contributed by atoms with Gasteiger partial charge >= 0.3 is 0 Å². The van der Waals surface area contributed by atoms with Crippen molar-refractivity contribution in [3.63, 3.8) is 0 Å².